The molecule has 132 valence electrons. The van der Waals surface area contributed by atoms with Gasteiger partial charge in [0.1, 0.15) is 5.57 Å². The quantitative estimate of drug-likeness (QED) is 0.181. The lowest BCUT2D eigenvalue weighted by molar-refractivity contribution is -0.146. The molecule has 0 saturated heterocycles. The maximum absolute atomic E-state index is 11.8. The van der Waals surface area contributed by atoms with Crippen LogP contribution in [-0.2, 0) is 19.1 Å². The van der Waals surface area contributed by atoms with Gasteiger partial charge in [-0.05, 0) is 45.0 Å². The summed E-state index contributed by atoms with van der Waals surface area (Å²) in [6, 6.07) is 0. The van der Waals surface area contributed by atoms with E-state index >= 15 is 0 Å². The topological polar surface area (TPSA) is 55.8 Å². The van der Waals surface area contributed by atoms with E-state index in [1.54, 1.807) is 19.9 Å². The Balaban J connectivity index is 4.97. The first kappa shape index (κ1) is 21.2. The van der Waals surface area contributed by atoms with Crippen LogP contribution in [0.25, 0.3) is 0 Å². The summed E-state index contributed by atoms with van der Waals surface area (Å²) in [5.41, 5.74) is -0.0733. The van der Waals surface area contributed by atoms with Crippen molar-refractivity contribution >= 4 is 11.9 Å². The zero-order valence-electron chi connectivity index (χ0n) is 15.0. The molecule has 0 N–H and O–H groups in total. The van der Waals surface area contributed by atoms with Crippen molar-refractivity contribution in [2.45, 2.75) is 53.4 Å². The molecule has 0 fully saturated rings. The van der Waals surface area contributed by atoms with Crippen molar-refractivity contribution in [3.8, 4) is 0 Å². The van der Waals surface area contributed by atoms with Crippen LogP contribution in [0.3, 0.4) is 0 Å². The fourth-order valence-electron chi connectivity index (χ4n) is 1.88. The van der Waals surface area contributed by atoms with Crippen LogP contribution < -0.4 is 0 Å². The van der Waals surface area contributed by atoms with E-state index in [2.05, 4.69) is 18.7 Å². The van der Waals surface area contributed by atoms with Gasteiger partial charge >= 0.3 is 11.9 Å². The van der Waals surface area contributed by atoms with Crippen molar-refractivity contribution in [3.63, 3.8) is 0 Å². The normalized spacial score (nSPS) is 10.4. The van der Waals surface area contributed by atoms with Crippen LogP contribution >= 0.6 is 0 Å². The Morgan fingerprint density at radius 1 is 0.870 bits per heavy atom. The van der Waals surface area contributed by atoms with Crippen molar-refractivity contribution in [1.29, 1.82) is 0 Å². The molecule has 5 nitrogen and oxygen atoms in total. The van der Waals surface area contributed by atoms with Crippen LogP contribution in [0.4, 0.5) is 0 Å². The third-order valence-electron chi connectivity index (χ3n) is 3.15. The van der Waals surface area contributed by atoms with E-state index in [9.17, 15) is 9.59 Å². The number of esters is 2. The second-order valence-electron chi connectivity index (χ2n) is 5.11. The molecular weight excluding hydrogens is 294 g/mol. The zero-order valence-corrected chi connectivity index (χ0v) is 15.0. The predicted molar refractivity (Wildman–Crippen MR) is 91.9 cm³/mol. The van der Waals surface area contributed by atoms with E-state index in [1.807, 2.05) is 6.20 Å². The maximum Gasteiger partial charge on any atom is 0.345 e. The van der Waals surface area contributed by atoms with Crippen LogP contribution in [0.15, 0.2) is 23.9 Å². The molecule has 0 aliphatic carbocycles. The van der Waals surface area contributed by atoms with E-state index in [-0.39, 0.29) is 18.8 Å². The van der Waals surface area contributed by atoms with Gasteiger partial charge in [-0.3, -0.25) is 0 Å². The fourth-order valence-corrected chi connectivity index (χ4v) is 1.88. The summed E-state index contributed by atoms with van der Waals surface area (Å²) in [5, 5.41) is 0. The lowest BCUT2D eigenvalue weighted by Gasteiger charge is -2.19. The van der Waals surface area contributed by atoms with Gasteiger partial charge in [0.25, 0.3) is 0 Å². The lowest BCUT2D eigenvalue weighted by atomic mass is 10.2. The molecule has 0 radical (unpaired) electrons. The van der Waals surface area contributed by atoms with Gasteiger partial charge in [0.2, 0.25) is 0 Å². The molecule has 0 atom stereocenters. The molecule has 0 aromatic carbocycles. The number of carbonyl (C=O) groups excluding carboxylic acids is 2. The van der Waals surface area contributed by atoms with Crippen molar-refractivity contribution in [3.05, 3.63) is 23.9 Å². The molecule has 0 unspecified atom stereocenters. The SMILES string of the molecule is CCCCN(C=CC=C(C(=O)OCC)C(=O)OCC)CCCC. The van der Waals surface area contributed by atoms with Crippen molar-refractivity contribution in [2.24, 2.45) is 0 Å². The first-order valence-corrected chi connectivity index (χ1v) is 8.57. The summed E-state index contributed by atoms with van der Waals surface area (Å²) in [6.45, 7) is 10.1. The van der Waals surface area contributed by atoms with Gasteiger partial charge in [0, 0.05) is 13.1 Å². The Kier molecular flexibility index (Phi) is 12.8. The molecule has 5 heteroatoms. The largest absolute Gasteiger partial charge is 0.462 e. The van der Waals surface area contributed by atoms with Crippen LogP contribution in [0, 0.1) is 0 Å². The zero-order chi connectivity index (χ0) is 17.5. The average molecular weight is 325 g/mol. The summed E-state index contributed by atoms with van der Waals surface area (Å²) in [6.07, 6.45) is 9.59. The first-order valence-electron chi connectivity index (χ1n) is 8.57. The summed E-state index contributed by atoms with van der Waals surface area (Å²) >= 11 is 0. The smallest absolute Gasteiger partial charge is 0.345 e. The minimum absolute atomic E-state index is 0.0733. The lowest BCUT2D eigenvalue weighted by Crippen LogP contribution is -2.20. The Hall–Kier alpha value is -1.78. The molecule has 0 amide bonds. The fraction of sp³-hybridized carbons (Fsp3) is 0.667. The average Bonchev–Trinajstić information content (AvgIpc) is 2.53. The third-order valence-corrected chi connectivity index (χ3v) is 3.15. The minimum Gasteiger partial charge on any atom is -0.462 e. The van der Waals surface area contributed by atoms with Gasteiger partial charge in [-0.25, -0.2) is 9.59 Å². The number of carbonyl (C=O) groups is 2. The second-order valence-corrected chi connectivity index (χ2v) is 5.11. The van der Waals surface area contributed by atoms with Crippen molar-refractivity contribution < 1.29 is 19.1 Å². The number of allylic oxidation sites excluding steroid dienone is 2. The van der Waals surface area contributed by atoms with Crippen molar-refractivity contribution in [1.82, 2.24) is 4.90 Å². The molecule has 0 aliphatic rings. The van der Waals surface area contributed by atoms with E-state index in [0.29, 0.717) is 0 Å². The van der Waals surface area contributed by atoms with Gasteiger partial charge < -0.3 is 14.4 Å². The summed E-state index contributed by atoms with van der Waals surface area (Å²) < 4.78 is 9.81. The molecule has 0 spiro atoms. The van der Waals surface area contributed by atoms with E-state index in [0.717, 1.165) is 38.8 Å². The predicted octanol–water partition coefficient (Wildman–Crippen LogP) is 3.45. The van der Waals surface area contributed by atoms with Gasteiger partial charge in [-0.2, -0.15) is 0 Å². The molecule has 0 aromatic rings. The monoisotopic (exact) mass is 325 g/mol. The van der Waals surface area contributed by atoms with Gasteiger partial charge in [0.15, 0.2) is 0 Å². The molecule has 0 bridgehead atoms. The highest BCUT2D eigenvalue weighted by atomic mass is 16.6. The Morgan fingerprint density at radius 3 is 1.74 bits per heavy atom. The third kappa shape index (κ3) is 9.76. The Bertz CT molecular complexity index is 374. The standard InChI is InChI=1S/C18H31NO4/c1-5-9-13-19(14-10-6-2)15-11-12-16(17(20)22-7-3)18(21)23-8-4/h11-12,15H,5-10,13-14H2,1-4H3. The van der Waals surface area contributed by atoms with E-state index in [4.69, 9.17) is 9.47 Å². The molecule has 0 heterocycles. The summed E-state index contributed by atoms with van der Waals surface area (Å²) in [5.74, 6) is -1.30. The minimum atomic E-state index is -0.649. The Labute approximate surface area is 140 Å². The van der Waals surface area contributed by atoms with E-state index < -0.39 is 11.9 Å². The summed E-state index contributed by atoms with van der Waals surface area (Å²) in [4.78, 5) is 25.9. The van der Waals surface area contributed by atoms with Crippen molar-refractivity contribution in [2.75, 3.05) is 26.3 Å². The number of nitrogens with zero attached hydrogens (tertiary/aromatic N) is 1. The molecule has 0 rings (SSSR count). The molecule has 0 saturated carbocycles. The highest BCUT2D eigenvalue weighted by Gasteiger charge is 2.19. The molecule has 0 aromatic heterocycles. The second kappa shape index (κ2) is 13.9. The molecule has 0 aliphatic heterocycles. The number of hydrogen-bond acceptors (Lipinski definition) is 5. The Morgan fingerprint density at radius 2 is 1.35 bits per heavy atom. The van der Waals surface area contributed by atoms with Gasteiger partial charge in [0.05, 0.1) is 13.2 Å². The van der Waals surface area contributed by atoms with Crippen LogP contribution in [-0.4, -0.2) is 43.1 Å². The number of unbranched alkanes of at least 4 members (excludes halogenated alkanes) is 2. The highest BCUT2D eigenvalue weighted by molar-refractivity contribution is 6.14. The summed E-state index contributed by atoms with van der Waals surface area (Å²) in [7, 11) is 0. The van der Waals surface area contributed by atoms with Gasteiger partial charge in [-0.1, -0.05) is 26.7 Å². The van der Waals surface area contributed by atoms with Crippen LogP contribution in [0.5, 0.6) is 0 Å². The molecule has 23 heavy (non-hydrogen) atoms. The number of rotatable bonds is 12. The first-order chi connectivity index (χ1) is 11.1. The number of hydrogen-bond donors (Lipinski definition) is 0. The molecular formula is C18H31NO4. The number of ether oxygens (including phenoxy) is 2. The van der Waals surface area contributed by atoms with Crippen LogP contribution in [0.1, 0.15) is 53.4 Å². The highest BCUT2D eigenvalue weighted by Crippen LogP contribution is 2.05. The van der Waals surface area contributed by atoms with E-state index in [1.165, 1.54) is 6.08 Å². The van der Waals surface area contributed by atoms with Gasteiger partial charge in [-0.15, -0.1) is 0 Å². The maximum atomic E-state index is 11.8. The van der Waals surface area contributed by atoms with Crippen LogP contribution in [0.2, 0.25) is 0 Å².